The monoisotopic (exact) mass is 311 g/mol. The van der Waals surface area contributed by atoms with Gasteiger partial charge in [0, 0.05) is 5.69 Å². The normalized spacial score (nSPS) is 11.4. The van der Waals surface area contributed by atoms with Crippen molar-refractivity contribution < 1.29 is 0 Å². The number of nitrogens with zero attached hydrogens (tertiary/aromatic N) is 6. The molecule has 0 atom stereocenters. The van der Waals surface area contributed by atoms with Gasteiger partial charge in [-0.15, -0.1) is 0 Å². The second kappa shape index (κ2) is 4.99. The lowest BCUT2D eigenvalue weighted by Crippen LogP contribution is -2.04. The second-order valence-electron chi connectivity index (χ2n) is 4.98. The van der Waals surface area contributed by atoms with Crippen molar-refractivity contribution in [1.29, 1.82) is 0 Å². The van der Waals surface area contributed by atoms with Crippen molar-refractivity contribution in [2.75, 3.05) is 5.32 Å². The Morgan fingerprint density at radius 1 is 1.18 bits per heavy atom. The predicted molar refractivity (Wildman–Crippen MR) is 85.0 cm³/mol. The quantitative estimate of drug-likeness (QED) is 0.625. The predicted octanol–water partition coefficient (Wildman–Crippen LogP) is 2.36. The Morgan fingerprint density at radius 2 is 2.09 bits per heavy atom. The van der Waals surface area contributed by atoms with E-state index < -0.39 is 0 Å². The van der Waals surface area contributed by atoms with Crippen LogP contribution in [0.15, 0.2) is 24.7 Å². The minimum Gasteiger partial charge on any atom is -0.362 e. The van der Waals surface area contributed by atoms with Gasteiger partial charge in [0.1, 0.15) is 16.9 Å². The molecule has 0 aliphatic rings. The van der Waals surface area contributed by atoms with Crippen LogP contribution in [0.3, 0.4) is 0 Å². The fourth-order valence-electron chi connectivity index (χ4n) is 2.27. The van der Waals surface area contributed by atoms with Crippen molar-refractivity contribution in [3.8, 4) is 0 Å². The number of aryl methyl sites for hydroxylation is 2. The Balaban J connectivity index is 1.63. The summed E-state index contributed by atoms with van der Waals surface area (Å²) in [5, 5.41) is 8.64. The molecule has 0 amide bonds. The smallest absolute Gasteiger partial charge is 0.212 e. The number of aromatic nitrogens is 6. The van der Waals surface area contributed by atoms with E-state index >= 15 is 0 Å². The molecule has 4 rings (SSSR count). The molecule has 0 unspecified atom stereocenters. The molecule has 4 aromatic rings. The van der Waals surface area contributed by atoms with Gasteiger partial charge in [0.2, 0.25) is 4.96 Å². The lowest BCUT2D eigenvalue weighted by molar-refractivity contribution is 0.938. The number of hydrogen-bond donors (Lipinski definition) is 1. The maximum absolute atomic E-state index is 4.54. The second-order valence-corrected chi connectivity index (χ2v) is 6.14. The van der Waals surface area contributed by atoms with Gasteiger partial charge < -0.3 is 5.32 Å². The molecule has 0 fully saturated rings. The maximum atomic E-state index is 4.54. The maximum Gasteiger partial charge on any atom is 0.212 e. The highest BCUT2D eigenvalue weighted by molar-refractivity contribution is 7.16. The molecule has 0 bridgehead atoms. The molecule has 1 N–H and O–H groups in total. The van der Waals surface area contributed by atoms with Crippen LogP contribution in [0, 0.1) is 13.8 Å². The molecule has 0 radical (unpaired) electrons. The van der Waals surface area contributed by atoms with E-state index in [4.69, 9.17) is 0 Å². The lowest BCUT2D eigenvalue weighted by Gasteiger charge is -2.06. The Morgan fingerprint density at radius 3 is 2.95 bits per heavy atom. The third-order valence-electron chi connectivity index (χ3n) is 3.25. The molecule has 0 aliphatic carbocycles. The van der Waals surface area contributed by atoms with Crippen molar-refractivity contribution in [2.24, 2.45) is 0 Å². The molecule has 8 heteroatoms. The number of imidazole rings is 1. The Labute approximate surface area is 130 Å². The van der Waals surface area contributed by atoms with Crippen LogP contribution in [0.25, 0.3) is 16.0 Å². The van der Waals surface area contributed by atoms with Gasteiger partial charge in [-0.2, -0.15) is 5.10 Å². The third kappa shape index (κ3) is 2.27. The first-order chi connectivity index (χ1) is 10.7. The van der Waals surface area contributed by atoms with Crippen LogP contribution in [-0.2, 0) is 6.54 Å². The number of hydrogen-bond acceptors (Lipinski definition) is 7. The van der Waals surface area contributed by atoms with Crippen molar-refractivity contribution in [3.63, 3.8) is 0 Å². The number of nitrogens with one attached hydrogen (secondary N) is 1. The Bertz CT molecular complexity index is 940. The standard InChI is InChI=1S/C14H13N7S/c1-8-3-4-11-12(18-8)13(17-7-16-11)15-5-10-6-21-14(19-10)22-9(2)20-21/h3-4,6-7H,5H2,1-2H3,(H,15,16,17). The topological polar surface area (TPSA) is 80.9 Å². The molecule has 110 valence electrons. The van der Waals surface area contributed by atoms with Crippen molar-refractivity contribution >= 4 is 33.1 Å². The van der Waals surface area contributed by atoms with Crippen LogP contribution in [0.1, 0.15) is 16.4 Å². The number of anilines is 1. The first kappa shape index (κ1) is 13.1. The van der Waals surface area contributed by atoms with Crippen LogP contribution >= 0.6 is 11.3 Å². The zero-order chi connectivity index (χ0) is 15.1. The van der Waals surface area contributed by atoms with Gasteiger partial charge >= 0.3 is 0 Å². The number of rotatable bonds is 3. The summed E-state index contributed by atoms with van der Waals surface area (Å²) in [6, 6.07) is 3.89. The largest absolute Gasteiger partial charge is 0.362 e. The summed E-state index contributed by atoms with van der Waals surface area (Å²) in [6.45, 7) is 4.49. The average molecular weight is 311 g/mol. The summed E-state index contributed by atoms with van der Waals surface area (Å²) in [5.41, 5.74) is 3.45. The summed E-state index contributed by atoms with van der Waals surface area (Å²) in [4.78, 5) is 18.5. The zero-order valence-electron chi connectivity index (χ0n) is 12.1. The fraction of sp³-hybridized carbons (Fsp3) is 0.214. The van der Waals surface area contributed by atoms with Gasteiger partial charge in [-0.1, -0.05) is 11.3 Å². The van der Waals surface area contributed by atoms with Crippen LogP contribution in [-0.4, -0.2) is 29.5 Å². The summed E-state index contributed by atoms with van der Waals surface area (Å²) in [5.74, 6) is 0.717. The van der Waals surface area contributed by atoms with E-state index in [-0.39, 0.29) is 0 Å². The van der Waals surface area contributed by atoms with E-state index in [2.05, 4.69) is 30.4 Å². The molecule has 0 aromatic carbocycles. The summed E-state index contributed by atoms with van der Waals surface area (Å²) >= 11 is 1.57. The first-order valence-corrected chi connectivity index (χ1v) is 7.64. The van der Waals surface area contributed by atoms with E-state index in [1.54, 1.807) is 22.2 Å². The van der Waals surface area contributed by atoms with Gasteiger partial charge in [-0.3, -0.25) is 0 Å². The van der Waals surface area contributed by atoms with Crippen molar-refractivity contribution in [3.05, 3.63) is 41.1 Å². The summed E-state index contributed by atoms with van der Waals surface area (Å²) < 4.78 is 1.80. The van der Waals surface area contributed by atoms with Gasteiger partial charge in [0.05, 0.1) is 24.0 Å². The van der Waals surface area contributed by atoms with Gasteiger partial charge in [0.25, 0.3) is 0 Å². The van der Waals surface area contributed by atoms with E-state index in [1.807, 2.05) is 32.2 Å². The average Bonchev–Trinajstić information content (AvgIpc) is 3.01. The number of fused-ring (bicyclic) bond motifs is 2. The van der Waals surface area contributed by atoms with Gasteiger partial charge in [0.15, 0.2) is 5.82 Å². The molecule has 0 spiro atoms. The van der Waals surface area contributed by atoms with Gasteiger partial charge in [-0.05, 0) is 26.0 Å². The fourth-order valence-corrected chi connectivity index (χ4v) is 3.01. The highest BCUT2D eigenvalue weighted by atomic mass is 32.1. The minimum absolute atomic E-state index is 0.566. The molecule has 0 saturated heterocycles. The first-order valence-electron chi connectivity index (χ1n) is 6.83. The van der Waals surface area contributed by atoms with Crippen LogP contribution < -0.4 is 5.32 Å². The molecule has 22 heavy (non-hydrogen) atoms. The Kier molecular flexibility index (Phi) is 2.97. The minimum atomic E-state index is 0.566. The van der Waals surface area contributed by atoms with Crippen molar-refractivity contribution in [2.45, 2.75) is 20.4 Å². The molecule has 4 heterocycles. The zero-order valence-corrected chi connectivity index (χ0v) is 12.9. The molecule has 4 aromatic heterocycles. The SMILES string of the molecule is Cc1ccc2ncnc(NCc3cn4nc(C)sc4n3)c2n1. The highest BCUT2D eigenvalue weighted by Gasteiger charge is 2.08. The highest BCUT2D eigenvalue weighted by Crippen LogP contribution is 2.18. The summed E-state index contributed by atoms with van der Waals surface area (Å²) in [6.07, 6.45) is 3.46. The lowest BCUT2D eigenvalue weighted by atomic mass is 10.3. The molecule has 0 aliphatic heterocycles. The van der Waals surface area contributed by atoms with Gasteiger partial charge in [-0.25, -0.2) is 24.5 Å². The van der Waals surface area contributed by atoms with Crippen LogP contribution in [0.2, 0.25) is 0 Å². The van der Waals surface area contributed by atoms with E-state index in [9.17, 15) is 0 Å². The van der Waals surface area contributed by atoms with E-state index in [0.29, 0.717) is 12.4 Å². The molecular formula is C14H13N7S. The van der Waals surface area contributed by atoms with E-state index in [1.165, 1.54) is 0 Å². The molecular weight excluding hydrogens is 298 g/mol. The summed E-state index contributed by atoms with van der Waals surface area (Å²) in [7, 11) is 0. The van der Waals surface area contributed by atoms with Crippen LogP contribution in [0.5, 0.6) is 0 Å². The van der Waals surface area contributed by atoms with E-state index in [0.717, 1.165) is 32.4 Å². The molecule has 0 saturated carbocycles. The molecule has 7 nitrogen and oxygen atoms in total. The van der Waals surface area contributed by atoms with Crippen molar-refractivity contribution in [1.82, 2.24) is 29.5 Å². The third-order valence-corrected chi connectivity index (χ3v) is 4.09. The Hall–Kier alpha value is -2.61. The van der Waals surface area contributed by atoms with Crippen LogP contribution in [0.4, 0.5) is 5.82 Å². The number of pyridine rings is 1.